The maximum Gasteiger partial charge on any atom is 0.351 e. The van der Waals surface area contributed by atoms with E-state index in [4.69, 9.17) is 18.9 Å². The number of hydrogen-bond donors (Lipinski definition) is 0. The summed E-state index contributed by atoms with van der Waals surface area (Å²) in [6, 6.07) is 0. The zero-order valence-electron chi connectivity index (χ0n) is 42.3. The molecule has 0 aliphatic heterocycles. The summed E-state index contributed by atoms with van der Waals surface area (Å²) in [4.78, 5) is 53.5. The molecular formula is C55H104O8. The van der Waals surface area contributed by atoms with Crippen LogP contribution in [0.5, 0.6) is 0 Å². The summed E-state index contributed by atoms with van der Waals surface area (Å²) in [5.74, 6) is -2.88. The standard InChI is InChI=1S/C55H104O8/c1-5-9-12-15-18-21-24-27-30-33-36-39-42-46-60-52(57)49-55(63-51(56)45-8-4,54(59)62-48-44-41-38-35-32-29-26-23-20-17-14-11-7-3)50-53(58)61-47-43-40-37-34-31-28-25-22-19-16-13-10-6-2/h5-50H2,1-4H3. The largest absolute Gasteiger partial charge is 0.466 e. The van der Waals surface area contributed by atoms with Gasteiger partial charge in [-0.05, 0) is 25.7 Å². The van der Waals surface area contributed by atoms with Crippen molar-refractivity contribution in [3.63, 3.8) is 0 Å². The first kappa shape index (κ1) is 60.9. The molecule has 0 atom stereocenters. The second-order valence-electron chi connectivity index (χ2n) is 18.9. The zero-order valence-corrected chi connectivity index (χ0v) is 42.3. The van der Waals surface area contributed by atoms with Crippen molar-refractivity contribution in [1.29, 1.82) is 0 Å². The quantitative estimate of drug-likeness (QED) is 0.0338. The SMILES string of the molecule is CCCCCCCCCCCCCCCOC(=O)CC(CC(=O)OCCCCCCCCCCCCCCC)(OC(=O)CCC)C(=O)OCCCCCCCCCCCCCCC. The van der Waals surface area contributed by atoms with Crippen molar-refractivity contribution in [2.24, 2.45) is 0 Å². The molecule has 0 aromatic carbocycles. The van der Waals surface area contributed by atoms with Crippen LogP contribution in [0.3, 0.4) is 0 Å². The summed E-state index contributed by atoms with van der Waals surface area (Å²) >= 11 is 0. The summed E-state index contributed by atoms with van der Waals surface area (Å²) in [7, 11) is 0. The molecule has 0 radical (unpaired) electrons. The van der Waals surface area contributed by atoms with Gasteiger partial charge in [-0.15, -0.1) is 0 Å². The van der Waals surface area contributed by atoms with Gasteiger partial charge in [0.2, 0.25) is 5.60 Å². The van der Waals surface area contributed by atoms with Gasteiger partial charge in [-0.3, -0.25) is 14.4 Å². The summed E-state index contributed by atoms with van der Waals surface area (Å²) < 4.78 is 22.7. The van der Waals surface area contributed by atoms with E-state index in [1.54, 1.807) is 0 Å². The molecule has 0 spiro atoms. The maximum atomic E-state index is 13.9. The van der Waals surface area contributed by atoms with E-state index in [9.17, 15) is 19.2 Å². The van der Waals surface area contributed by atoms with E-state index >= 15 is 0 Å². The van der Waals surface area contributed by atoms with E-state index in [0.717, 1.165) is 57.8 Å². The number of ether oxygens (including phenoxy) is 4. The first-order valence-corrected chi connectivity index (χ1v) is 27.5. The molecular weight excluding hydrogens is 789 g/mol. The number of carbonyl (C=O) groups is 4. The molecule has 0 heterocycles. The van der Waals surface area contributed by atoms with Crippen molar-refractivity contribution in [2.45, 2.75) is 309 Å². The fourth-order valence-electron chi connectivity index (χ4n) is 8.39. The van der Waals surface area contributed by atoms with Gasteiger partial charge >= 0.3 is 23.9 Å². The van der Waals surface area contributed by atoms with Gasteiger partial charge in [0, 0.05) is 6.42 Å². The van der Waals surface area contributed by atoms with E-state index in [1.165, 1.54) is 186 Å². The number of carbonyl (C=O) groups excluding carboxylic acids is 4. The lowest BCUT2D eigenvalue weighted by atomic mass is 9.94. The molecule has 0 aromatic rings. The van der Waals surface area contributed by atoms with Gasteiger partial charge in [0.25, 0.3) is 0 Å². The summed E-state index contributed by atoms with van der Waals surface area (Å²) in [6.45, 7) is 9.16. The predicted molar refractivity (Wildman–Crippen MR) is 263 cm³/mol. The van der Waals surface area contributed by atoms with Gasteiger partial charge < -0.3 is 18.9 Å². The number of rotatable bonds is 50. The van der Waals surface area contributed by atoms with E-state index in [0.29, 0.717) is 12.8 Å². The molecule has 0 saturated heterocycles. The second kappa shape index (κ2) is 47.8. The molecule has 0 fully saturated rings. The van der Waals surface area contributed by atoms with Crippen LogP contribution in [-0.2, 0) is 38.1 Å². The van der Waals surface area contributed by atoms with Crippen molar-refractivity contribution in [1.82, 2.24) is 0 Å². The third-order valence-electron chi connectivity index (χ3n) is 12.5. The highest BCUT2D eigenvalue weighted by atomic mass is 16.6. The Morgan fingerprint density at radius 3 is 0.778 bits per heavy atom. The molecule has 63 heavy (non-hydrogen) atoms. The van der Waals surface area contributed by atoms with Gasteiger partial charge in [0.05, 0.1) is 32.7 Å². The molecule has 0 aromatic heterocycles. The minimum Gasteiger partial charge on any atom is -0.466 e. The van der Waals surface area contributed by atoms with Crippen molar-refractivity contribution in [3.8, 4) is 0 Å². The Balaban J connectivity index is 5.03. The molecule has 0 bridgehead atoms. The van der Waals surface area contributed by atoms with E-state index < -0.39 is 42.3 Å². The molecule has 0 saturated carbocycles. The number of hydrogen-bond acceptors (Lipinski definition) is 8. The molecule has 372 valence electrons. The average Bonchev–Trinajstić information content (AvgIpc) is 3.26. The minimum absolute atomic E-state index is 0.0515. The van der Waals surface area contributed by atoms with Crippen LogP contribution in [0.2, 0.25) is 0 Å². The molecule has 0 N–H and O–H groups in total. The fraction of sp³-hybridized carbons (Fsp3) is 0.927. The summed E-state index contributed by atoms with van der Waals surface area (Å²) in [6.07, 6.45) is 46.6. The predicted octanol–water partition coefficient (Wildman–Crippen LogP) is 16.8. The van der Waals surface area contributed by atoms with Crippen LogP contribution in [0.15, 0.2) is 0 Å². The van der Waals surface area contributed by atoms with Crippen LogP contribution >= 0.6 is 0 Å². The highest BCUT2D eigenvalue weighted by molar-refractivity contribution is 5.92. The van der Waals surface area contributed by atoms with Crippen LogP contribution in [0, 0.1) is 0 Å². The van der Waals surface area contributed by atoms with Gasteiger partial charge in [-0.25, -0.2) is 4.79 Å². The first-order chi connectivity index (χ1) is 30.8. The number of unbranched alkanes of at least 4 members (excludes halogenated alkanes) is 36. The van der Waals surface area contributed by atoms with Crippen LogP contribution in [0.25, 0.3) is 0 Å². The lowest BCUT2D eigenvalue weighted by Gasteiger charge is -2.30. The van der Waals surface area contributed by atoms with E-state index in [1.807, 2.05) is 6.92 Å². The number of esters is 4. The molecule has 0 unspecified atom stereocenters. The topological polar surface area (TPSA) is 105 Å². The van der Waals surface area contributed by atoms with Crippen LogP contribution in [0.4, 0.5) is 0 Å². The average molecular weight is 893 g/mol. The van der Waals surface area contributed by atoms with Crippen molar-refractivity contribution in [3.05, 3.63) is 0 Å². The fourth-order valence-corrected chi connectivity index (χ4v) is 8.39. The van der Waals surface area contributed by atoms with Crippen molar-refractivity contribution < 1.29 is 38.1 Å². The zero-order chi connectivity index (χ0) is 46.2. The minimum atomic E-state index is -2.12. The molecule has 8 nitrogen and oxygen atoms in total. The Kier molecular flexibility index (Phi) is 46.2. The Labute approximate surface area is 390 Å². The van der Waals surface area contributed by atoms with Gasteiger partial charge in [-0.1, -0.05) is 259 Å². The van der Waals surface area contributed by atoms with Gasteiger partial charge in [-0.2, -0.15) is 0 Å². The maximum absolute atomic E-state index is 13.9. The van der Waals surface area contributed by atoms with Gasteiger partial charge in [0.15, 0.2) is 0 Å². The Hall–Kier alpha value is -2.12. The highest BCUT2D eigenvalue weighted by Gasteiger charge is 2.49. The first-order valence-electron chi connectivity index (χ1n) is 27.5. The second-order valence-corrected chi connectivity index (χ2v) is 18.9. The molecule has 0 rings (SSSR count). The lowest BCUT2D eigenvalue weighted by molar-refractivity contribution is -0.191. The van der Waals surface area contributed by atoms with Crippen molar-refractivity contribution in [2.75, 3.05) is 19.8 Å². The third-order valence-corrected chi connectivity index (χ3v) is 12.5. The monoisotopic (exact) mass is 893 g/mol. The van der Waals surface area contributed by atoms with E-state index in [-0.39, 0.29) is 26.2 Å². The Morgan fingerprint density at radius 2 is 0.524 bits per heavy atom. The van der Waals surface area contributed by atoms with Crippen LogP contribution < -0.4 is 0 Å². The molecule has 0 amide bonds. The molecule has 0 aliphatic carbocycles. The third kappa shape index (κ3) is 41.1. The van der Waals surface area contributed by atoms with Crippen molar-refractivity contribution >= 4 is 23.9 Å². The van der Waals surface area contributed by atoms with E-state index in [2.05, 4.69) is 20.8 Å². The Bertz CT molecular complexity index is 982. The molecule has 0 aliphatic rings. The normalized spacial score (nSPS) is 11.5. The van der Waals surface area contributed by atoms with Crippen LogP contribution in [0.1, 0.15) is 304 Å². The lowest BCUT2D eigenvalue weighted by Crippen LogP contribution is -2.48. The van der Waals surface area contributed by atoms with Crippen LogP contribution in [-0.4, -0.2) is 49.3 Å². The molecule has 8 heteroatoms. The summed E-state index contributed by atoms with van der Waals surface area (Å²) in [5, 5.41) is 0. The Morgan fingerprint density at radius 1 is 0.286 bits per heavy atom. The van der Waals surface area contributed by atoms with Gasteiger partial charge in [0.1, 0.15) is 0 Å². The highest BCUT2D eigenvalue weighted by Crippen LogP contribution is 2.27. The smallest absolute Gasteiger partial charge is 0.351 e. The summed E-state index contributed by atoms with van der Waals surface area (Å²) in [5.41, 5.74) is -2.12.